The fourth-order valence-corrected chi connectivity index (χ4v) is 5.48. The molecule has 0 N–H and O–H groups in total. The van der Waals surface area contributed by atoms with Crippen LogP contribution in [0, 0.1) is 0 Å². The van der Waals surface area contributed by atoms with Crippen LogP contribution in [0.3, 0.4) is 0 Å². The van der Waals surface area contributed by atoms with E-state index in [4.69, 9.17) is 18.6 Å². The third-order valence-electron chi connectivity index (χ3n) is 7.08. The van der Waals surface area contributed by atoms with Crippen molar-refractivity contribution >= 4 is 44.5 Å². The maximum absolute atomic E-state index is 14.0. The second-order valence-electron chi connectivity index (χ2n) is 9.85. The normalized spacial score (nSPS) is 14.2. The van der Waals surface area contributed by atoms with Crippen LogP contribution in [0.5, 0.6) is 11.5 Å². The molecule has 0 saturated heterocycles. The molecule has 2 heterocycles. The van der Waals surface area contributed by atoms with E-state index in [1.54, 1.807) is 49.4 Å². The molecule has 1 aliphatic heterocycles. The number of nitrogens with zero attached hydrogens (tertiary/aromatic N) is 1. The van der Waals surface area contributed by atoms with E-state index in [0.717, 1.165) is 23.7 Å². The highest BCUT2D eigenvalue weighted by Gasteiger charge is 2.44. The molecule has 42 heavy (non-hydrogen) atoms. The lowest BCUT2D eigenvalue weighted by molar-refractivity contribution is 0.0526. The summed E-state index contributed by atoms with van der Waals surface area (Å²) < 4.78 is 23.9. The molecule has 0 aliphatic carbocycles. The average Bonchev–Trinajstić information content (AvgIpc) is 3.28. The molecule has 0 saturated carbocycles. The highest BCUT2D eigenvalue weighted by atomic mass is 79.9. The molecule has 9 heteroatoms. The molecule has 5 rings (SSSR count). The van der Waals surface area contributed by atoms with Crippen molar-refractivity contribution < 1.29 is 28.2 Å². The van der Waals surface area contributed by atoms with Gasteiger partial charge in [0.1, 0.15) is 5.58 Å². The van der Waals surface area contributed by atoms with Gasteiger partial charge in [-0.15, -0.1) is 0 Å². The summed E-state index contributed by atoms with van der Waals surface area (Å²) in [4.78, 5) is 41.8. The Morgan fingerprint density at radius 1 is 0.905 bits per heavy atom. The Morgan fingerprint density at radius 3 is 2.40 bits per heavy atom. The number of unbranched alkanes of at least 4 members (excludes halogenated alkanes) is 2. The first kappa shape index (κ1) is 29.4. The second-order valence-corrected chi connectivity index (χ2v) is 10.8. The van der Waals surface area contributed by atoms with Crippen LogP contribution in [0.15, 0.2) is 74.3 Å². The largest absolute Gasteiger partial charge is 0.490 e. The highest BCUT2D eigenvalue weighted by Crippen LogP contribution is 2.43. The molecule has 3 aromatic carbocycles. The number of halogens is 1. The van der Waals surface area contributed by atoms with Crippen LogP contribution in [0.1, 0.15) is 78.1 Å². The van der Waals surface area contributed by atoms with Gasteiger partial charge in [0.05, 0.1) is 42.4 Å². The molecule has 0 fully saturated rings. The van der Waals surface area contributed by atoms with Gasteiger partial charge in [-0.1, -0.05) is 41.8 Å². The standard InChI is InChI=1S/C33H32BrNO7/c1-4-7-8-17-41-26-15-11-21(18-27(26)39-5-2)29-28-30(36)24-19-22(34)12-16-25(24)42-31(28)32(37)35(29)23-13-9-20(10-14-23)33(38)40-6-3/h9-16,18-19,29H,4-8,17H2,1-3H3. The molecule has 0 radical (unpaired) electrons. The van der Waals surface area contributed by atoms with Crippen LogP contribution >= 0.6 is 15.9 Å². The minimum absolute atomic E-state index is 0.0212. The summed E-state index contributed by atoms with van der Waals surface area (Å²) in [5.74, 6) is 0.186. The topological polar surface area (TPSA) is 95.3 Å². The molecule has 8 nitrogen and oxygen atoms in total. The van der Waals surface area contributed by atoms with Crippen LogP contribution in [0.4, 0.5) is 5.69 Å². The molecule has 0 bridgehead atoms. The number of rotatable bonds is 11. The Morgan fingerprint density at radius 2 is 1.69 bits per heavy atom. The molecule has 1 aromatic heterocycles. The molecule has 218 valence electrons. The van der Waals surface area contributed by atoms with Crippen molar-refractivity contribution in [1.82, 2.24) is 0 Å². The maximum Gasteiger partial charge on any atom is 0.338 e. The lowest BCUT2D eigenvalue weighted by Gasteiger charge is -2.26. The van der Waals surface area contributed by atoms with Crippen molar-refractivity contribution in [2.24, 2.45) is 0 Å². The van der Waals surface area contributed by atoms with Crippen LogP contribution in [0.2, 0.25) is 0 Å². The van der Waals surface area contributed by atoms with Crippen LogP contribution < -0.4 is 19.8 Å². The number of benzene rings is 3. The van der Waals surface area contributed by atoms with Crippen LogP contribution in [0.25, 0.3) is 11.0 Å². The Bertz CT molecular complexity index is 1680. The zero-order valence-electron chi connectivity index (χ0n) is 23.8. The minimum atomic E-state index is -0.811. The highest BCUT2D eigenvalue weighted by molar-refractivity contribution is 9.10. The fraction of sp³-hybridized carbons (Fsp3) is 0.303. The molecule has 0 spiro atoms. The predicted octanol–water partition coefficient (Wildman–Crippen LogP) is 7.45. The van der Waals surface area contributed by atoms with Gasteiger partial charge in [-0.3, -0.25) is 14.5 Å². The van der Waals surface area contributed by atoms with Crippen LogP contribution in [-0.4, -0.2) is 31.7 Å². The van der Waals surface area contributed by atoms with Gasteiger partial charge in [0, 0.05) is 10.2 Å². The molecule has 1 atom stereocenters. The van der Waals surface area contributed by atoms with Gasteiger partial charge in [-0.05, 0) is 80.4 Å². The van der Waals surface area contributed by atoms with Crippen molar-refractivity contribution in [3.05, 3.63) is 97.8 Å². The van der Waals surface area contributed by atoms with E-state index >= 15 is 0 Å². The summed E-state index contributed by atoms with van der Waals surface area (Å²) in [7, 11) is 0. The molecular weight excluding hydrogens is 602 g/mol. The summed E-state index contributed by atoms with van der Waals surface area (Å²) in [5, 5.41) is 0.362. The van der Waals surface area contributed by atoms with Crippen molar-refractivity contribution in [1.29, 1.82) is 0 Å². The number of esters is 1. The molecule has 1 aliphatic rings. The number of carbonyl (C=O) groups excluding carboxylic acids is 2. The summed E-state index contributed by atoms with van der Waals surface area (Å²) >= 11 is 3.44. The summed E-state index contributed by atoms with van der Waals surface area (Å²) in [6.07, 6.45) is 3.07. The third-order valence-corrected chi connectivity index (χ3v) is 7.57. The van der Waals surface area contributed by atoms with Crippen molar-refractivity contribution in [3.63, 3.8) is 0 Å². The fourth-order valence-electron chi connectivity index (χ4n) is 5.12. The van der Waals surface area contributed by atoms with E-state index in [-0.39, 0.29) is 23.4 Å². The molecule has 1 unspecified atom stereocenters. The number of carbonyl (C=O) groups is 2. The van der Waals surface area contributed by atoms with Gasteiger partial charge >= 0.3 is 5.97 Å². The molecule has 1 amide bonds. The summed E-state index contributed by atoms with van der Waals surface area (Å²) in [5.41, 5.74) is 1.76. The number of hydrogen-bond acceptors (Lipinski definition) is 7. The molecule has 4 aromatic rings. The van der Waals surface area contributed by atoms with Gasteiger partial charge in [0.25, 0.3) is 5.91 Å². The second kappa shape index (κ2) is 12.8. The van der Waals surface area contributed by atoms with Gasteiger partial charge in [0.15, 0.2) is 16.9 Å². The first-order valence-electron chi connectivity index (χ1n) is 14.1. The van der Waals surface area contributed by atoms with E-state index in [1.165, 1.54) is 4.90 Å². The number of hydrogen-bond donors (Lipinski definition) is 0. The first-order chi connectivity index (χ1) is 20.4. The smallest absolute Gasteiger partial charge is 0.338 e. The number of fused-ring (bicyclic) bond motifs is 2. The van der Waals surface area contributed by atoms with Crippen molar-refractivity contribution in [2.45, 2.75) is 46.1 Å². The van der Waals surface area contributed by atoms with E-state index < -0.39 is 17.9 Å². The van der Waals surface area contributed by atoms with E-state index in [1.807, 2.05) is 25.1 Å². The Kier molecular flexibility index (Phi) is 8.97. The maximum atomic E-state index is 14.0. The minimum Gasteiger partial charge on any atom is -0.490 e. The van der Waals surface area contributed by atoms with E-state index in [2.05, 4.69) is 22.9 Å². The Labute approximate surface area is 252 Å². The predicted molar refractivity (Wildman–Crippen MR) is 164 cm³/mol. The monoisotopic (exact) mass is 633 g/mol. The lowest BCUT2D eigenvalue weighted by atomic mass is 9.97. The zero-order chi connectivity index (χ0) is 29.8. The molecular formula is C33H32BrNO7. The number of ether oxygens (including phenoxy) is 3. The third kappa shape index (κ3) is 5.66. The average molecular weight is 635 g/mol. The summed E-state index contributed by atoms with van der Waals surface area (Å²) in [6, 6.07) is 16.3. The van der Waals surface area contributed by atoms with Gasteiger partial charge < -0.3 is 18.6 Å². The SMILES string of the molecule is CCCCCOc1ccc(C2c3c(oc4ccc(Br)cc4c3=O)C(=O)N2c2ccc(C(=O)OCC)cc2)cc1OCC. The van der Waals surface area contributed by atoms with Crippen molar-refractivity contribution in [2.75, 3.05) is 24.7 Å². The Hall–Kier alpha value is -4.11. The van der Waals surface area contributed by atoms with Gasteiger partial charge in [0.2, 0.25) is 5.76 Å². The van der Waals surface area contributed by atoms with Gasteiger partial charge in [-0.2, -0.15) is 0 Å². The van der Waals surface area contributed by atoms with E-state index in [0.29, 0.717) is 52.5 Å². The quantitative estimate of drug-likeness (QED) is 0.125. The van der Waals surface area contributed by atoms with Crippen LogP contribution in [-0.2, 0) is 4.74 Å². The van der Waals surface area contributed by atoms with Gasteiger partial charge in [-0.25, -0.2) is 4.79 Å². The zero-order valence-corrected chi connectivity index (χ0v) is 25.4. The Balaban J connectivity index is 1.65. The number of anilines is 1. The summed E-state index contributed by atoms with van der Waals surface area (Å²) in [6.45, 7) is 6.98. The lowest BCUT2D eigenvalue weighted by Crippen LogP contribution is -2.29. The number of amides is 1. The van der Waals surface area contributed by atoms with Crippen molar-refractivity contribution in [3.8, 4) is 11.5 Å². The first-order valence-corrected chi connectivity index (χ1v) is 14.9. The van der Waals surface area contributed by atoms with E-state index in [9.17, 15) is 14.4 Å².